The highest BCUT2D eigenvalue weighted by atomic mass is 79.9. The van der Waals surface area contributed by atoms with Crippen LogP contribution in [-0.4, -0.2) is 45.1 Å². The van der Waals surface area contributed by atoms with Crippen LogP contribution in [0.4, 0.5) is 5.95 Å². The topological polar surface area (TPSA) is 106 Å². The first-order valence-corrected chi connectivity index (χ1v) is 12.8. The third-order valence-electron chi connectivity index (χ3n) is 7.02. The van der Waals surface area contributed by atoms with Gasteiger partial charge in [-0.3, -0.25) is 0 Å². The molecule has 0 unspecified atom stereocenters. The molecule has 1 aliphatic carbocycles. The summed E-state index contributed by atoms with van der Waals surface area (Å²) in [7, 11) is 1.61. The number of nitrogens with two attached hydrogens (primary N) is 1. The number of ether oxygens (including phenoxy) is 1. The van der Waals surface area contributed by atoms with E-state index in [1.54, 1.807) is 19.5 Å². The standard InChI is InChI=1S/C24H24BrN7OS/c1-33-22-17(3-2-8-27-22)34-18-13-28-20-21(29-18)31-23(30-20)32-9-6-24(7-10-32)12-14-4-5-15(25)11-16(14)19(24)26/h2-5,8,11,13,19H,6-7,9-10,12,26H2,1H3,(H,28,29,30,31)/t19-/m1/s1. The summed E-state index contributed by atoms with van der Waals surface area (Å²) in [5.41, 5.74) is 10.9. The van der Waals surface area contributed by atoms with E-state index in [0.717, 1.165) is 52.7 Å². The second-order valence-corrected chi connectivity index (χ2v) is 10.9. The highest BCUT2D eigenvalue weighted by Gasteiger charge is 2.46. The molecule has 6 rings (SSSR count). The first-order valence-electron chi connectivity index (χ1n) is 11.2. The average molecular weight is 538 g/mol. The second kappa shape index (κ2) is 8.51. The Morgan fingerprint density at radius 1 is 1.21 bits per heavy atom. The first-order chi connectivity index (χ1) is 16.5. The van der Waals surface area contributed by atoms with Crippen LogP contribution in [-0.2, 0) is 6.42 Å². The summed E-state index contributed by atoms with van der Waals surface area (Å²) >= 11 is 5.06. The van der Waals surface area contributed by atoms with E-state index in [9.17, 15) is 0 Å². The Labute approximate surface area is 209 Å². The lowest BCUT2D eigenvalue weighted by molar-refractivity contribution is 0.187. The van der Waals surface area contributed by atoms with Gasteiger partial charge in [-0.2, -0.15) is 4.98 Å². The molecule has 8 nitrogen and oxygen atoms in total. The van der Waals surface area contributed by atoms with Crippen molar-refractivity contribution in [3.8, 4) is 5.88 Å². The minimum atomic E-state index is 0.0743. The molecule has 3 N–H and O–H groups in total. The smallest absolute Gasteiger partial charge is 0.227 e. The van der Waals surface area contributed by atoms with Gasteiger partial charge in [0.2, 0.25) is 11.8 Å². The fourth-order valence-corrected chi connectivity index (χ4v) is 6.39. The number of halogens is 1. The quantitative estimate of drug-likeness (QED) is 0.391. The Hall–Kier alpha value is -2.69. The van der Waals surface area contributed by atoms with Gasteiger partial charge in [0.1, 0.15) is 5.03 Å². The molecule has 0 bridgehead atoms. The Bertz CT molecular complexity index is 1370. The number of nitrogens with zero attached hydrogens (tertiary/aromatic N) is 5. The molecule has 0 radical (unpaired) electrons. The van der Waals surface area contributed by atoms with Crippen LogP contribution in [0.3, 0.4) is 0 Å². The van der Waals surface area contributed by atoms with Gasteiger partial charge >= 0.3 is 0 Å². The molecule has 34 heavy (non-hydrogen) atoms. The van der Waals surface area contributed by atoms with Crippen LogP contribution in [0.25, 0.3) is 11.3 Å². The molecule has 0 amide bonds. The van der Waals surface area contributed by atoms with Gasteiger partial charge in [0.05, 0.1) is 18.2 Å². The summed E-state index contributed by atoms with van der Waals surface area (Å²) in [6.07, 6.45) is 6.55. The zero-order chi connectivity index (χ0) is 23.3. The molecule has 4 aromatic rings. The minimum Gasteiger partial charge on any atom is -0.480 e. The number of anilines is 1. The van der Waals surface area contributed by atoms with E-state index in [0.29, 0.717) is 17.2 Å². The molecule has 10 heteroatoms. The van der Waals surface area contributed by atoms with Crippen molar-refractivity contribution in [3.63, 3.8) is 0 Å². The van der Waals surface area contributed by atoms with Crippen molar-refractivity contribution in [1.82, 2.24) is 24.9 Å². The number of piperidine rings is 1. The van der Waals surface area contributed by atoms with Crippen molar-refractivity contribution in [1.29, 1.82) is 0 Å². The number of pyridine rings is 1. The number of rotatable bonds is 4. The molecule has 4 heterocycles. The van der Waals surface area contributed by atoms with Crippen molar-refractivity contribution in [3.05, 3.63) is 58.3 Å². The number of H-pyrrole nitrogens is 1. The molecule has 1 saturated heterocycles. The predicted octanol–water partition coefficient (Wildman–Crippen LogP) is 4.51. The molecule has 1 atom stereocenters. The lowest BCUT2D eigenvalue weighted by Gasteiger charge is -2.42. The maximum absolute atomic E-state index is 6.77. The van der Waals surface area contributed by atoms with Crippen molar-refractivity contribution in [2.75, 3.05) is 25.1 Å². The molecule has 1 spiro atoms. The molecule has 1 fully saturated rings. The van der Waals surface area contributed by atoms with Crippen LogP contribution in [0.15, 0.2) is 57.1 Å². The summed E-state index contributed by atoms with van der Waals surface area (Å²) in [6, 6.07) is 10.4. The van der Waals surface area contributed by atoms with Gasteiger partial charge in [0.15, 0.2) is 11.3 Å². The van der Waals surface area contributed by atoms with Crippen LogP contribution in [0.2, 0.25) is 0 Å². The lowest BCUT2D eigenvalue weighted by atomic mass is 9.73. The molecule has 2 aliphatic rings. The second-order valence-electron chi connectivity index (χ2n) is 8.90. The fraction of sp³-hybridized carbons (Fsp3) is 0.333. The Morgan fingerprint density at radius 2 is 2.06 bits per heavy atom. The molecule has 1 aliphatic heterocycles. The molecule has 0 saturated carbocycles. The summed E-state index contributed by atoms with van der Waals surface area (Å²) in [5.74, 6) is 1.39. The highest BCUT2D eigenvalue weighted by Crippen LogP contribution is 2.51. The van der Waals surface area contributed by atoms with Gasteiger partial charge in [0.25, 0.3) is 0 Å². The van der Waals surface area contributed by atoms with Crippen molar-refractivity contribution < 1.29 is 4.74 Å². The third kappa shape index (κ3) is 3.73. The number of aromatic amines is 1. The zero-order valence-electron chi connectivity index (χ0n) is 18.7. The van der Waals surface area contributed by atoms with Crippen molar-refractivity contribution >= 4 is 44.9 Å². The van der Waals surface area contributed by atoms with Crippen molar-refractivity contribution in [2.24, 2.45) is 11.1 Å². The van der Waals surface area contributed by atoms with Crippen LogP contribution < -0.4 is 15.4 Å². The average Bonchev–Trinajstić information content (AvgIpc) is 3.39. The summed E-state index contributed by atoms with van der Waals surface area (Å²) < 4.78 is 6.44. The molecular weight excluding hydrogens is 514 g/mol. The number of methoxy groups -OCH3 is 1. The largest absolute Gasteiger partial charge is 0.480 e. The van der Waals surface area contributed by atoms with Crippen LogP contribution in [0.1, 0.15) is 30.0 Å². The number of fused-ring (bicyclic) bond motifs is 2. The first kappa shape index (κ1) is 21.8. The van der Waals surface area contributed by atoms with E-state index in [4.69, 9.17) is 20.4 Å². The molecule has 3 aromatic heterocycles. The van der Waals surface area contributed by atoms with Gasteiger partial charge in [-0.1, -0.05) is 33.8 Å². The van der Waals surface area contributed by atoms with Gasteiger partial charge in [-0.05, 0) is 60.1 Å². The number of aromatic nitrogens is 5. The molecule has 174 valence electrons. The van der Waals surface area contributed by atoms with E-state index < -0.39 is 0 Å². The number of hydrogen-bond donors (Lipinski definition) is 2. The minimum absolute atomic E-state index is 0.0743. The zero-order valence-corrected chi connectivity index (χ0v) is 21.1. The Morgan fingerprint density at radius 3 is 2.88 bits per heavy atom. The summed E-state index contributed by atoms with van der Waals surface area (Å²) in [4.78, 5) is 24.8. The van der Waals surface area contributed by atoms with E-state index in [2.05, 4.69) is 54.0 Å². The lowest BCUT2D eigenvalue weighted by Crippen LogP contribution is -2.44. The van der Waals surface area contributed by atoms with E-state index in [1.165, 1.54) is 22.9 Å². The number of benzene rings is 1. The van der Waals surface area contributed by atoms with Gasteiger partial charge < -0.3 is 20.4 Å². The SMILES string of the molecule is COc1ncccc1Sc1cnc2nc(N3CCC4(CC3)Cc3ccc(Br)cc3[C@H]4N)[nH]c2n1. The van der Waals surface area contributed by atoms with E-state index in [1.807, 2.05) is 12.1 Å². The van der Waals surface area contributed by atoms with Gasteiger partial charge in [-0.15, -0.1) is 0 Å². The molecule has 1 aromatic carbocycles. The van der Waals surface area contributed by atoms with Gasteiger partial charge in [0, 0.05) is 29.8 Å². The number of hydrogen-bond acceptors (Lipinski definition) is 8. The number of imidazole rings is 1. The van der Waals surface area contributed by atoms with Crippen LogP contribution in [0, 0.1) is 5.41 Å². The molecular formula is C24H24BrN7OS. The fourth-order valence-electron chi connectivity index (χ4n) is 5.17. The van der Waals surface area contributed by atoms with E-state index >= 15 is 0 Å². The highest BCUT2D eigenvalue weighted by molar-refractivity contribution is 9.10. The summed E-state index contributed by atoms with van der Waals surface area (Å²) in [6.45, 7) is 1.80. The normalized spacial score (nSPS) is 19.0. The van der Waals surface area contributed by atoms with Crippen LogP contribution in [0.5, 0.6) is 5.88 Å². The predicted molar refractivity (Wildman–Crippen MR) is 135 cm³/mol. The van der Waals surface area contributed by atoms with E-state index in [-0.39, 0.29) is 11.5 Å². The summed E-state index contributed by atoms with van der Waals surface area (Å²) in [5, 5.41) is 0.757. The maximum atomic E-state index is 6.77. The monoisotopic (exact) mass is 537 g/mol. The number of nitrogens with one attached hydrogen (secondary N) is 1. The van der Waals surface area contributed by atoms with Crippen LogP contribution >= 0.6 is 27.7 Å². The third-order valence-corrected chi connectivity index (χ3v) is 8.45. The Kier molecular flexibility index (Phi) is 5.46. The van der Waals surface area contributed by atoms with Gasteiger partial charge in [-0.25, -0.2) is 15.0 Å². The van der Waals surface area contributed by atoms with Crippen molar-refractivity contribution in [2.45, 2.75) is 35.2 Å². The maximum Gasteiger partial charge on any atom is 0.227 e. The Balaban J connectivity index is 1.19.